The fourth-order valence-corrected chi connectivity index (χ4v) is 2.02. The molecule has 0 fully saturated rings. The van der Waals surface area contributed by atoms with Crippen LogP contribution in [-0.2, 0) is 6.61 Å². The first-order chi connectivity index (χ1) is 10.2. The first kappa shape index (κ1) is 15.4. The Labute approximate surface area is 127 Å². The monoisotopic (exact) mass is 284 g/mol. The topological polar surface area (TPSA) is 34.1 Å². The van der Waals surface area contributed by atoms with Gasteiger partial charge in [-0.05, 0) is 42.2 Å². The first-order valence-electron chi connectivity index (χ1n) is 7.61. The number of hydrogen-bond acceptors (Lipinski definition) is 3. The van der Waals surface area contributed by atoms with Crippen LogP contribution in [0.5, 0.6) is 5.75 Å². The summed E-state index contributed by atoms with van der Waals surface area (Å²) < 4.78 is 5.80. The summed E-state index contributed by atoms with van der Waals surface area (Å²) in [6.45, 7) is 7.95. The highest BCUT2D eigenvalue weighted by Crippen LogP contribution is 2.19. The van der Waals surface area contributed by atoms with Crippen molar-refractivity contribution in [3.05, 3.63) is 53.7 Å². The van der Waals surface area contributed by atoms with E-state index in [-0.39, 0.29) is 0 Å². The van der Waals surface area contributed by atoms with Crippen molar-refractivity contribution in [3.63, 3.8) is 0 Å². The lowest BCUT2D eigenvalue weighted by Gasteiger charge is -2.10. The van der Waals surface area contributed by atoms with Crippen molar-refractivity contribution in [2.24, 2.45) is 0 Å². The molecule has 2 rings (SSSR count). The molecule has 0 aliphatic heterocycles. The van der Waals surface area contributed by atoms with Crippen LogP contribution in [0.3, 0.4) is 0 Å². The second kappa shape index (κ2) is 7.67. The molecule has 0 bridgehead atoms. The molecule has 0 aliphatic carbocycles. The van der Waals surface area contributed by atoms with E-state index >= 15 is 0 Å². The average molecular weight is 284 g/mol. The van der Waals surface area contributed by atoms with Crippen LogP contribution in [0.1, 0.15) is 44.4 Å². The van der Waals surface area contributed by atoms with Crippen LogP contribution in [0.2, 0.25) is 0 Å². The Morgan fingerprint density at radius 1 is 1.10 bits per heavy atom. The lowest BCUT2D eigenvalue weighted by molar-refractivity contribution is 0.301. The third-order valence-corrected chi connectivity index (χ3v) is 3.30. The molecule has 1 heterocycles. The Morgan fingerprint density at radius 2 is 1.86 bits per heavy atom. The van der Waals surface area contributed by atoms with Crippen LogP contribution in [0.15, 0.2) is 42.5 Å². The summed E-state index contributed by atoms with van der Waals surface area (Å²) in [7, 11) is 0. The SMILES string of the molecule is CCCNc1cccc(COc2ccc(C(C)C)cc2)n1. The second-order valence-corrected chi connectivity index (χ2v) is 5.45. The van der Waals surface area contributed by atoms with Crippen LogP contribution >= 0.6 is 0 Å². The number of hydrogen-bond donors (Lipinski definition) is 1. The summed E-state index contributed by atoms with van der Waals surface area (Å²) in [6.07, 6.45) is 1.09. The van der Waals surface area contributed by atoms with Crippen LogP contribution in [0.4, 0.5) is 5.82 Å². The molecule has 1 aromatic carbocycles. The first-order valence-corrected chi connectivity index (χ1v) is 7.61. The molecule has 0 radical (unpaired) electrons. The molecular formula is C18H24N2O. The predicted molar refractivity (Wildman–Crippen MR) is 87.9 cm³/mol. The lowest BCUT2D eigenvalue weighted by atomic mass is 10.0. The molecule has 0 spiro atoms. The van der Waals surface area contributed by atoms with Gasteiger partial charge in [-0.25, -0.2) is 4.98 Å². The molecule has 21 heavy (non-hydrogen) atoms. The summed E-state index contributed by atoms with van der Waals surface area (Å²) in [5, 5.41) is 3.29. The Kier molecular flexibility index (Phi) is 5.61. The van der Waals surface area contributed by atoms with Gasteiger partial charge < -0.3 is 10.1 Å². The number of rotatable bonds is 7. The van der Waals surface area contributed by atoms with E-state index in [1.54, 1.807) is 0 Å². The number of anilines is 1. The van der Waals surface area contributed by atoms with Crippen molar-refractivity contribution < 1.29 is 4.74 Å². The van der Waals surface area contributed by atoms with Gasteiger partial charge in [-0.2, -0.15) is 0 Å². The van der Waals surface area contributed by atoms with Gasteiger partial charge in [0.15, 0.2) is 0 Å². The van der Waals surface area contributed by atoms with Gasteiger partial charge in [-0.3, -0.25) is 0 Å². The molecule has 0 saturated heterocycles. The smallest absolute Gasteiger partial charge is 0.130 e. The molecule has 0 amide bonds. The van der Waals surface area contributed by atoms with Gasteiger partial charge in [-0.15, -0.1) is 0 Å². The molecule has 1 N–H and O–H groups in total. The van der Waals surface area contributed by atoms with E-state index in [9.17, 15) is 0 Å². The number of ether oxygens (including phenoxy) is 1. The van der Waals surface area contributed by atoms with E-state index in [1.807, 2.05) is 30.3 Å². The molecule has 0 aliphatic rings. The van der Waals surface area contributed by atoms with Crippen molar-refractivity contribution in [2.45, 2.75) is 39.7 Å². The quantitative estimate of drug-likeness (QED) is 0.806. The summed E-state index contributed by atoms with van der Waals surface area (Å²) in [6, 6.07) is 14.3. The van der Waals surface area contributed by atoms with Crippen molar-refractivity contribution >= 4 is 5.82 Å². The largest absolute Gasteiger partial charge is 0.487 e. The van der Waals surface area contributed by atoms with Gasteiger partial charge in [0.05, 0.1) is 5.69 Å². The van der Waals surface area contributed by atoms with Gasteiger partial charge in [0.2, 0.25) is 0 Å². The second-order valence-electron chi connectivity index (χ2n) is 5.45. The molecule has 3 heteroatoms. The summed E-state index contributed by atoms with van der Waals surface area (Å²) in [5.41, 5.74) is 2.26. The minimum atomic E-state index is 0.489. The fourth-order valence-electron chi connectivity index (χ4n) is 2.02. The van der Waals surface area contributed by atoms with Gasteiger partial charge in [0.25, 0.3) is 0 Å². The molecule has 1 aromatic heterocycles. The number of nitrogens with zero attached hydrogens (tertiary/aromatic N) is 1. The minimum absolute atomic E-state index is 0.489. The van der Waals surface area contributed by atoms with Crippen molar-refractivity contribution in [1.29, 1.82) is 0 Å². The normalized spacial score (nSPS) is 10.7. The Morgan fingerprint density at radius 3 is 2.52 bits per heavy atom. The standard InChI is InChI=1S/C18H24N2O/c1-4-12-19-18-7-5-6-16(20-18)13-21-17-10-8-15(9-11-17)14(2)3/h5-11,14H,4,12-13H2,1-3H3,(H,19,20). The van der Waals surface area contributed by atoms with Crippen LogP contribution in [0, 0.1) is 0 Å². The zero-order valence-electron chi connectivity index (χ0n) is 13.1. The van der Waals surface area contributed by atoms with E-state index in [0.29, 0.717) is 12.5 Å². The van der Waals surface area contributed by atoms with E-state index in [1.165, 1.54) is 5.56 Å². The summed E-state index contributed by atoms with van der Waals surface area (Å²) in [5.74, 6) is 2.34. The third kappa shape index (κ3) is 4.78. The maximum atomic E-state index is 5.80. The van der Waals surface area contributed by atoms with E-state index in [0.717, 1.165) is 30.2 Å². The van der Waals surface area contributed by atoms with E-state index in [4.69, 9.17) is 4.74 Å². The van der Waals surface area contributed by atoms with Crippen molar-refractivity contribution in [3.8, 4) is 5.75 Å². The summed E-state index contributed by atoms with van der Waals surface area (Å²) in [4.78, 5) is 4.54. The Hall–Kier alpha value is -2.03. The van der Waals surface area contributed by atoms with E-state index < -0.39 is 0 Å². The number of aromatic nitrogens is 1. The van der Waals surface area contributed by atoms with Gasteiger partial charge in [0.1, 0.15) is 18.2 Å². The highest BCUT2D eigenvalue weighted by atomic mass is 16.5. The molecular weight excluding hydrogens is 260 g/mol. The molecule has 3 nitrogen and oxygen atoms in total. The molecule has 112 valence electrons. The van der Waals surface area contributed by atoms with Crippen molar-refractivity contribution in [1.82, 2.24) is 4.98 Å². The maximum Gasteiger partial charge on any atom is 0.130 e. The molecule has 0 atom stereocenters. The van der Waals surface area contributed by atoms with Gasteiger partial charge in [-0.1, -0.05) is 39.0 Å². The average Bonchev–Trinajstić information content (AvgIpc) is 2.52. The summed E-state index contributed by atoms with van der Waals surface area (Å²) >= 11 is 0. The molecule has 0 saturated carbocycles. The van der Waals surface area contributed by atoms with Gasteiger partial charge in [0, 0.05) is 6.54 Å². The molecule has 2 aromatic rings. The van der Waals surface area contributed by atoms with Crippen molar-refractivity contribution in [2.75, 3.05) is 11.9 Å². The minimum Gasteiger partial charge on any atom is -0.487 e. The number of nitrogens with one attached hydrogen (secondary N) is 1. The Bertz CT molecular complexity index is 549. The highest BCUT2D eigenvalue weighted by Gasteiger charge is 2.01. The third-order valence-electron chi connectivity index (χ3n) is 3.30. The molecule has 0 unspecified atom stereocenters. The van der Waals surface area contributed by atoms with Gasteiger partial charge >= 0.3 is 0 Å². The number of benzene rings is 1. The maximum absolute atomic E-state index is 5.80. The lowest BCUT2D eigenvalue weighted by Crippen LogP contribution is -2.04. The number of pyridine rings is 1. The Balaban J connectivity index is 1.93. The highest BCUT2D eigenvalue weighted by molar-refractivity contribution is 5.35. The van der Waals surface area contributed by atoms with Crippen LogP contribution in [0.25, 0.3) is 0 Å². The zero-order valence-corrected chi connectivity index (χ0v) is 13.1. The zero-order chi connectivity index (χ0) is 15.1. The van der Waals surface area contributed by atoms with E-state index in [2.05, 4.69) is 43.2 Å². The van der Waals surface area contributed by atoms with Crippen LogP contribution < -0.4 is 10.1 Å². The fraction of sp³-hybridized carbons (Fsp3) is 0.389. The predicted octanol–water partition coefficient (Wildman–Crippen LogP) is 4.61. The van der Waals surface area contributed by atoms with Crippen LogP contribution in [-0.4, -0.2) is 11.5 Å².